The quantitative estimate of drug-likeness (QED) is 0.684. The molecule has 0 radical (unpaired) electrons. The molecule has 0 fully saturated rings. The summed E-state index contributed by atoms with van der Waals surface area (Å²) in [6, 6.07) is 8.06. The van der Waals surface area contributed by atoms with Crippen LogP contribution in [0.15, 0.2) is 30.3 Å². The van der Waals surface area contributed by atoms with Gasteiger partial charge in [0.05, 0.1) is 6.10 Å². The Morgan fingerprint density at radius 2 is 1.92 bits per heavy atom. The first kappa shape index (κ1) is 9.85. The van der Waals surface area contributed by atoms with Crippen molar-refractivity contribution in [3.05, 3.63) is 35.9 Å². The highest BCUT2D eigenvalue weighted by molar-refractivity contribution is 5.56. The predicted molar refractivity (Wildman–Crippen MR) is 56.9 cm³/mol. The molecule has 0 unspecified atom stereocenters. The van der Waals surface area contributed by atoms with Crippen molar-refractivity contribution in [1.29, 1.82) is 0 Å². The van der Waals surface area contributed by atoms with Gasteiger partial charge in [-0.25, -0.2) is 0 Å². The van der Waals surface area contributed by atoms with Crippen LogP contribution in [0.25, 0.3) is 6.08 Å². The van der Waals surface area contributed by atoms with Gasteiger partial charge in [0, 0.05) is 5.56 Å². The molecule has 1 heteroatoms. The zero-order valence-corrected chi connectivity index (χ0v) is 8.45. The third-order valence-electron chi connectivity index (χ3n) is 1.63. The van der Waals surface area contributed by atoms with Crippen LogP contribution in [0, 0.1) is 0 Å². The van der Waals surface area contributed by atoms with Gasteiger partial charge in [-0.2, -0.15) is 0 Å². The van der Waals surface area contributed by atoms with E-state index in [2.05, 4.69) is 12.1 Å². The van der Waals surface area contributed by atoms with Gasteiger partial charge in [-0.1, -0.05) is 30.4 Å². The van der Waals surface area contributed by atoms with E-state index in [4.69, 9.17) is 4.74 Å². The number of hydrogen-bond acceptors (Lipinski definition) is 1. The Labute approximate surface area is 80.0 Å². The first-order valence-corrected chi connectivity index (χ1v) is 4.62. The van der Waals surface area contributed by atoms with Gasteiger partial charge in [0.2, 0.25) is 0 Å². The number of benzene rings is 1. The minimum absolute atomic E-state index is 0.228. The first-order chi connectivity index (χ1) is 6.24. The highest BCUT2D eigenvalue weighted by Crippen LogP contribution is 2.20. The lowest BCUT2D eigenvalue weighted by atomic mass is 10.2. The number of rotatable bonds is 3. The van der Waals surface area contributed by atoms with E-state index in [0.717, 1.165) is 11.3 Å². The Kier molecular flexibility index (Phi) is 3.56. The molecule has 1 nitrogen and oxygen atoms in total. The Morgan fingerprint density at radius 3 is 2.54 bits per heavy atom. The molecule has 0 atom stereocenters. The van der Waals surface area contributed by atoms with Crippen molar-refractivity contribution < 1.29 is 4.74 Å². The average molecular weight is 176 g/mol. The molecule has 1 rings (SSSR count). The molecule has 0 saturated carbocycles. The summed E-state index contributed by atoms with van der Waals surface area (Å²) in [6.07, 6.45) is 4.30. The van der Waals surface area contributed by atoms with Crippen LogP contribution in [0.1, 0.15) is 26.3 Å². The molecule has 0 aliphatic heterocycles. The van der Waals surface area contributed by atoms with E-state index in [9.17, 15) is 0 Å². The summed E-state index contributed by atoms with van der Waals surface area (Å²) in [5.41, 5.74) is 1.14. The SMILES string of the molecule is C/C=C\c1ccccc1OC(C)C. The van der Waals surface area contributed by atoms with Crippen LogP contribution in [-0.4, -0.2) is 6.10 Å². The molecule has 0 spiro atoms. The van der Waals surface area contributed by atoms with Crippen LogP contribution in [0.2, 0.25) is 0 Å². The van der Waals surface area contributed by atoms with Gasteiger partial charge in [0.15, 0.2) is 0 Å². The fraction of sp³-hybridized carbons (Fsp3) is 0.333. The van der Waals surface area contributed by atoms with Crippen molar-refractivity contribution >= 4 is 6.08 Å². The molecular formula is C12H16O. The van der Waals surface area contributed by atoms with Crippen LogP contribution in [0.4, 0.5) is 0 Å². The molecule has 0 bridgehead atoms. The molecule has 0 N–H and O–H groups in total. The monoisotopic (exact) mass is 176 g/mol. The normalized spacial score (nSPS) is 11.1. The average Bonchev–Trinajstić information content (AvgIpc) is 2.08. The second kappa shape index (κ2) is 4.70. The van der Waals surface area contributed by atoms with Gasteiger partial charge < -0.3 is 4.74 Å². The third-order valence-corrected chi connectivity index (χ3v) is 1.63. The van der Waals surface area contributed by atoms with Crippen molar-refractivity contribution in [1.82, 2.24) is 0 Å². The Hall–Kier alpha value is -1.24. The summed E-state index contributed by atoms with van der Waals surface area (Å²) >= 11 is 0. The molecule has 0 aliphatic rings. The molecule has 0 aliphatic carbocycles. The zero-order valence-electron chi connectivity index (χ0n) is 8.45. The molecular weight excluding hydrogens is 160 g/mol. The highest BCUT2D eigenvalue weighted by atomic mass is 16.5. The molecule has 70 valence electrons. The maximum atomic E-state index is 5.65. The summed E-state index contributed by atoms with van der Waals surface area (Å²) in [5.74, 6) is 0.954. The van der Waals surface area contributed by atoms with Gasteiger partial charge in [-0.05, 0) is 26.8 Å². The zero-order chi connectivity index (χ0) is 9.68. The van der Waals surface area contributed by atoms with Gasteiger partial charge in [0.1, 0.15) is 5.75 Å². The van der Waals surface area contributed by atoms with E-state index in [1.807, 2.05) is 45.0 Å². The summed E-state index contributed by atoms with van der Waals surface area (Å²) in [7, 11) is 0. The van der Waals surface area contributed by atoms with Crippen molar-refractivity contribution in [3.8, 4) is 5.75 Å². The second-order valence-electron chi connectivity index (χ2n) is 3.20. The van der Waals surface area contributed by atoms with Crippen molar-refractivity contribution in [2.24, 2.45) is 0 Å². The van der Waals surface area contributed by atoms with E-state index in [-0.39, 0.29) is 6.10 Å². The van der Waals surface area contributed by atoms with E-state index in [1.54, 1.807) is 0 Å². The fourth-order valence-corrected chi connectivity index (χ4v) is 1.16. The van der Waals surface area contributed by atoms with Crippen LogP contribution >= 0.6 is 0 Å². The second-order valence-corrected chi connectivity index (χ2v) is 3.20. The third kappa shape index (κ3) is 2.94. The van der Waals surface area contributed by atoms with E-state index in [0.29, 0.717) is 0 Å². The summed E-state index contributed by atoms with van der Waals surface area (Å²) in [4.78, 5) is 0. The topological polar surface area (TPSA) is 9.23 Å². The predicted octanol–water partition coefficient (Wildman–Crippen LogP) is 3.51. The largest absolute Gasteiger partial charge is 0.490 e. The van der Waals surface area contributed by atoms with Gasteiger partial charge in [0.25, 0.3) is 0 Å². The van der Waals surface area contributed by atoms with Gasteiger partial charge >= 0.3 is 0 Å². The van der Waals surface area contributed by atoms with Crippen molar-refractivity contribution in [3.63, 3.8) is 0 Å². The number of hydrogen-bond donors (Lipinski definition) is 0. The Balaban J connectivity index is 2.90. The lowest BCUT2D eigenvalue weighted by Gasteiger charge is -2.11. The molecule has 0 saturated heterocycles. The molecule has 1 aromatic rings. The minimum atomic E-state index is 0.228. The molecule has 1 aromatic carbocycles. The van der Waals surface area contributed by atoms with Crippen LogP contribution in [0.5, 0.6) is 5.75 Å². The smallest absolute Gasteiger partial charge is 0.126 e. The van der Waals surface area contributed by atoms with E-state index < -0.39 is 0 Å². The van der Waals surface area contributed by atoms with Gasteiger partial charge in [-0.3, -0.25) is 0 Å². The first-order valence-electron chi connectivity index (χ1n) is 4.62. The molecule has 0 amide bonds. The number of allylic oxidation sites excluding steroid dienone is 1. The highest BCUT2D eigenvalue weighted by Gasteiger charge is 2.00. The van der Waals surface area contributed by atoms with Crippen LogP contribution in [-0.2, 0) is 0 Å². The van der Waals surface area contributed by atoms with Crippen LogP contribution < -0.4 is 4.74 Å². The Bertz CT molecular complexity index is 287. The molecule has 0 heterocycles. The number of para-hydroxylation sites is 1. The van der Waals surface area contributed by atoms with Crippen molar-refractivity contribution in [2.45, 2.75) is 26.9 Å². The fourth-order valence-electron chi connectivity index (χ4n) is 1.16. The summed E-state index contributed by atoms with van der Waals surface area (Å²) < 4.78 is 5.65. The van der Waals surface area contributed by atoms with Gasteiger partial charge in [-0.15, -0.1) is 0 Å². The van der Waals surface area contributed by atoms with Crippen LogP contribution in [0.3, 0.4) is 0 Å². The standard InChI is InChI=1S/C12H16O/c1-4-7-11-8-5-6-9-12(11)13-10(2)3/h4-10H,1-3H3/b7-4-. The number of ether oxygens (including phenoxy) is 1. The Morgan fingerprint density at radius 1 is 1.23 bits per heavy atom. The van der Waals surface area contributed by atoms with E-state index in [1.165, 1.54) is 0 Å². The van der Waals surface area contributed by atoms with Crippen molar-refractivity contribution in [2.75, 3.05) is 0 Å². The van der Waals surface area contributed by atoms with E-state index >= 15 is 0 Å². The lowest BCUT2D eigenvalue weighted by molar-refractivity contribution is 0.242. The maximum Gasteiger partial charge on any atom is 0.126 e. The minimum Gasteiger partial charge on any atom is -0.490 e. The summed E-state index contributed by atoms with van der Waals surface area (Å²) in [6.45, 7) is 6.07. The summed E-state index contributed by atoms with van der Waals surface area (Å²) in [5, 5.41) is 0. The molecule has 13 heavy (non-hydrogen) atoms. The maximum absolute atomic E-state index is 5.65. The molecule has 0 aromatic heterocycles. The lowest BCUT2D eigenvalue weighted by Crippen LogP contribution is -2.06.